The zero-order chi connectivity index (χ0) is 10.8. The van der Waals surface area contributed by atoms with Gasteiger partial charge in [0.1, 0.15) is 5.69 Å². The predicted octanol–water partition coefficient (Wildman–Crippen LogP) is 1.90. The van der Waals surface area contributed by atoms with Gasteiger partial charge in [0.2, 0.25) is 0 Å². The lowest BCUT2D eigenvalue weighted by atomic mass is 10.1. The molecule has 0 saturated heterocycles. The Labute approximate surface area is 93.8 Å². The number of aryl methyl sites for hydroxylation is 1. The van der Waals surface area contributed by atoms with E-state index in [1.54, 1.807) is 18.6 Å². The molecule has 0 saturated carbocycles. The van der Waals surface area contributed by atoms with Crippen LogP contribution in [-0.4, -0.2) is 21.5 Å². The van der Waals surface area contributed by atoms with E-state index in [0.29, 0.717) is 0 Å². The summed E-state index contributed by atoms with van der Waals surface area (Å²) in [5.74, 6) is 0. The second-order valence-corrected chi connectivity index (χ2v) is 3.81. The van der Waals surface area contributed by atoms with Crippen LogP contribution in [0.15, 0.2) is 30.7 Å². The number of fused-ring (bicyclic) bond motifs is 1. The van der Waals surface area contributed by atoms with E-state index in [-0.39, 0.29) is 0 Å². The second-order valence-electron chi connectivity index (χ2n) is 3.81. The quantitative estimate of drug-likeness (QED) is 0.784. The van der Waals surface area contributed by atoms with Crippen molar-refractivity contribution < 1.29 is 0 Å². The maximum Gasteiger partial charge on any atom is 0.107 e. The molecule has 0 aromatic carbocycles. The van der Waals surface area contributed by atoms with E-state index in [1.807, 2.05) is 6.07 Å². The van der Waals surface area contributed by atoms with Gasteiger partial charge in [0.15, 0.2) is 0 Å². The SMILES string of the molecule is c1cnc(-c2ccc3c(n2)CCCN3)cn1. The zero-order valence-electron chi connectivity index (χ0n) is 8.85. The van der Waals surface area contributed by atoms with Crippen LogP contribution in [0.3, 0.4) is 0 Å². The number of rotatable bonds is 1. The lowest BCUT2D eigenvalue weighted by molar-refractivity contribution is 0.802. The molecule has 0 amide bonds. The molecule has 3 rings (SSSR count). The molecule has 3 heterocycles. The van der Waals surface area contributed by atoms with Gasteiger partial charge in [-0.25, -0.2) is 4.98 Å². The molecule has 0 aliphatic carbocycles. The summed E-state index contributed by atoms with van der Waals surface area (Å²) >= 11 is 0. The lowest BCUT2D eigenvalue weighted by Gasteiger charge is -2.17. The highest BCUT2D eigenvalue weighted by molar-refractivity contribution is 5.59. The van der Waals surface area contributed by atoms with Crippen molar-refractivity contribution in [3.63, 3.8) is 0 Å². The van der Waals surface area contributed by atoms with Crippen molar-refractivity contribution in [2.45, 2.75) is 12.8 Å². The number of nitrogens with zero attached hydrogens (tertiary/aromatic N) is 3. The van der Waals surface area contributed by atoms with Crippen LogP contribution >= 0.6 is 0 Å². The summed E-state index contributed by atoms with van der Waals surface area (Å²) in [5, 5.41) is 3.34. The summed E-state index contributed by atoms with van der Waals surface area (Å²) in [7, 11) is 0. The minimum Gasteiger partial charge on any atom is -0.384 e. The topological polar surface area (TPSA) is 50.7 Å². The number of aromatic nitrogens is 3. The molecule has 4 heteroatoms. The maximum atomic E-state index is 4.62. The summed E-state index contributed by atoms with van der Waals surface area (Å²) in [5.41, 5.74) is 4.01. The van der Waals surface area contributed by atoms with Gasteiger partial charge in [-0.05, 0) is 25.0 Å². The summed E-state index contributed by atoms with van der Waals surface area (Å²) in [6, 6.07) is 4.06. The molecule has 0 radical (unpaired) electrons. The molecule has 1 aliphatic heterocycles. The van der Waals surface area contributed by atoms with Crippen LogP contribution in [0.4, 0.5) is 5.69 Å². The Hall–Kier alpha value is -1.97. The Morgan fingerprint density at radius 3 is 3.00 bits per heavy atom. The molecule has 16 heavy (non-hydrogen) atoms. The second kappa shape index (κ2) is 3.89. The van der Waals surface area contributed by atoms with Gasteiger partial charge in [-0.1, -0.05) is 0 Å². The van der Waals surface area contributed by atoms with Gasteiger partial charge in [-0.3, -0.25) is 9.97 Å². The first-order valence-electron chi connectivity index (χ1n) is 5.44. The fraction of sp³-hybridized carbons (Fsp3) is 0.250. The molecule has 0 bridgehead atoms. The molecule has 2 aromatic heterocycles. The molecule has 80 valence electrons. The number of anilines is 1. The molecule has 0 spiro atoms. The smallest absolute Gasteiger partial charge is 0.107 e. The van der Waals surface area contributed by atoms with Crippen molar-refractivity contribution in [1.82, 2.24) is 15.0 Å². The van der Waals surface area contributed by atoms with Crippen molar-refractivity contribution in [2.75, 3.05) is 11.9 Å². The van der Waals surface area contributed by atoms with E-state index in [4.69, 9.17) is 0 Å². The highest BCUT2D eigenvalue weighted by atomic mass is 14.9. The normalized spacial score (nSPS) is 14.0. The number of pyridine rings is 1. The Morgan fingerprint density at radius 2 is 2.12 bits per heavy atom. The zero-order valence-corrected chi connectivity index (χ0v) is 8.85. The monoisotopic (exact) mass is 212 g/mol. The first kappa shape index (κ1) is 9.27. The Kier molecular flexibility index (Phi) is 2.25. The molecule has 4 nitrogen and oxygen atoms in total. The van der Waals surface area contributed by atoms with Gasteiger partial charge < -0.3 is 5.32 Å². The summed E-state index contributed by atoms with van der Waals surface area (Å²) in [6.07, 6.45) is 7.28. The lowest BCUT2D eigenvalue weighted by Crippen LogP contribution is -2.13. The highest BCUT2D eigenvalue weighted by Gasteiger charge is 2.11. The summed E-state index contributed by atoms with van der Waals surface area (Å²) < 4.78 is 0. The van der Waals surface area contributed by atoms with Crippen LogP contribution in [0.5, 0.6) is 0 Å². The number of hydrogen-bond acceptors (Lipinski definition) is 4. The van der Waals surface area contributed by atoms with E-state index in [9.17, 15) is 0 Å². The molecule has 1 N–H and O–H groups in total. The number of nitrogens with one attached hydrogen (secondary N) is 1. The van der Waals surface area contributed by atoms with E-state index in [0.717, 1.165) is 42.2 Å². The Bertz CT molecular complexity index is 496. The van der Waals surface area contributed by atoms with Crippen LogP contribution in [0, 0.1) is 0 Å². The first-order chi connectivity index (χ1) is 7.93. The van der Waals surface area contributed by atoms with Crippen molar-refractivity contribution in [1.29, 1.82) is 0 Å². The third-order valence-electron chi connectivity index (χ3n) is 2.71. The molecule has 1 aliphatic rings. The van der Waals surface area contributed by atoms with Gasteiger partial charge in [0, 0.05) is 18.9 Å². The Balaban J connectivity index is 2.03. The van der Waals surface area contributed by atoms with Crippen molar-refractivity contribution in [3.8, 4) is 11.4 Å². The minimum atomic E-state index is 0.830. The molecule has 2 aromatic rings. The third kappa shape index (κ3) is 1.62. The average Bonchev–Trinajstić information content (AvgIpc) is 2.39. The van der Waals surface area contributed by atoms with Gasteiger partial charge in [-0.2, -0.15) is 0 Å². The molecular weight excluding hydrogens is 200 g/mol. The molecule has 0 unspecified atom stereocenters. The van der Waals surface area contributed by atoms with Gasteiger partial charge in [0.05, 0.1) is 23.3 Å². The van der Waals surface area contributed by atoms with E-state index in [2.05, 4.69) is 26.3 Å². The molecule has 0 atom stereocenters. The predicted molar refractivity (Wildman–Crippen MR) is 62.1 cm³/mol. The van der Waals surface area contributed by atoms with E-state index < -0.39 is 0 Å². The van der Waals surface area contributed by atoms with Crippen LogP contribution in [0.1, 0.15) is 12.1 Å². The van der Waals surface area contributed by atoms with Crippen molar-refractivity contribution in [2.24, 2.45) is 0 Å². The summed E-state index contributed by atoms with van der Waals surface area (Å²) in [6.45, 7) is 1.04. The number of hydrogen-bond donors (Lipinski definition) is 1. The van der Waals surface area contributed by atoms with E-state index in [1.165, 1.54) is 0 Å². The van der Waals surface area contributed by atoms with Crippen LogP contribution in [0.2, 0.25) is 0 Å². The average molecular weight is 212 g/mol. The van der Waals surface area contributed by atoms with Crippen LogP contribution in [0.25, 0.3) is 11.4 Å². The third-order valence-corrected chi connectivity index (χ3v) is 2.71. The van der Waals surface area contributed by atoms with Crippen LogP contribution in [-0.2, 0) is 6.42 Å². The van der Waals surface area contributed by atoms with Crippen LogP contribution < -0.4 is 5.32 Å². The standard InChI is InChI=1S/C12H12N4/c1-2-10-9(14-5-1)3-4-11(16-10)12-8-13-6-7-15-12/h3-4,6-8,14H,1-2,5H2. The van der Waals surface area contributed by atoms with Gasteiger partial charge in [-0.15, -0.1) is 0 Å². The Morgan fingerprint density at radius 1 is 1.12 bits per heavy atom. The maximum absolute atomic E-state index is 4.62. The molecular formula is C12H12N4. The highest BCUT2D eigenvalue weighted by Crippen LogP contribution is 2.23. The van der Waals surface area contributed by atoms with Gasteiger partial charge >= 0.3 is 0 Å². The fourth-order valence-electron chi connectivity index (χ4n) is 1.91. The van der Waals surface area contributed by atoms with Crippen molar-refractivity contribution in [3.05, 3.63) is 36.4 Å². The molecule has 0 fully saturated rings. The summed E-state index contributed by atoms with van der Waals surface area (Å²) in [4.78, 5) is 12.9. The van der Waals surface area contributed by atoms with Gasteiger partial charge in [0.25, 0.3) is 0 Å². The van der Waals surface area contributed by atoms with Crippen molar-refractivity contribution >= 4 is 5.69 Å². The fourth-order valence-corrected chi connectivity index (χ4v) is 1.91. The largest absolute Gasteiger partial charge is 0.384 e. The first-order valence-corrected chi connectivity index (χ1v) is 5.44. The minimum absolute atomic E-state index is 0.830. The van der Waals surface area contributed by atoms with E-state index >= 15 is 0 Å².